The highest BCUT2D eigenvalue weighted by Gasteiger charge is 2.02. The molecule has 0 saturated heterocycles. The normalized spacial score (nSPS) is 11.2. The molecule has 2 N–H and O–H groups in total. The van der Waals surface area contributed by atoms with E-state index in [2.05, 4.69) is 34.7 Å². The predicted molar refractivity (Wildman–Crippen MR) is 102 cm³/mol. The highest BCUT2D eigenvalue weighted by molar-refractivity contribution is 5.79. The molecule has 0 heterocycles. The van der Waals surface area contributed by atoms with Crippen LogP contribution in [0.1, 0.15) is 18.1 Å². The van der Waals surface area contributed by atoms with E-state index in [1.165, 1.54) is 5.56 Å². The Bertz CT molecular complexity index is 644. The van der Waals surface area contributed by atoms with Gasteiger partial charge in [-0.3, -0.25) is 0 Å². The topological polar surface area (TPSA) is 54.9 Å². The van der Waals surface area contributed by atoms with Crippen LogP contribution in [0.25, 0.3) is 0 Å². The summed E-state index contributed by atoms with van der Waals surface area (Å²) in [7, 11) is 1.71. The first-order valence-corrected chi connectivity index (χ1v) is 8.59. The van der Waals surface area contributed by atoms with Crippen LogP contribution in [-0.4, -0.2) is 32.8 Å². The van der Waals surface area contributed by atoms with E-state index in [-0.39, 0.29) is 0 Å². The lowest BCUT2D eigenvalue weighted by Crippen LogP contribution is -2.39. The Morgan fingerprint density at radius 3 is 2.40 bits per heavy atom. The fourth-order valence-electron chi connectivity index (χ4n) is 2.37. The lowest BCUT2D eigenvalue weighted by Gasteiger charge is -2.13. The van der Waals surface area contributed by atoms with E-state index in [1.807, 2.05) is 42.5 Å². The molecule has 0 aliphatic carbocycles. The van der Waals surface area contributed by atoms with E-state index in [0.717, 1.165) is 23.8 Å². The number of aliphatic imine (C=N–C) groups is 1. The largest absolute Gasteiger partial charge is 0.492 e. The molecule has 2 aromatic carbocycles. The first-order valence-electron chi connectivity index (χ1n) is 8.59. The zero-order valence-corrected chi connectivity index (χ0v) is 15.0. The molecule has 5 nitrogen and oxygen atoms in total. The molecule has 0 aliphatic rings. The smallest absolute Gasteiger partial charge is 0.191 e. The summed E-state index contributed by atoms with van der Waals surface area (Å²) in [6, 6.07) is 18.0. The first kappa shape index (κ1) is 18.8. The third-order valence-corrected chi connectivity index (χ3v) is 3.58. The minimum Gasteiger partial charge on any atom is -0.492 e. The van der Waals surface area contributed by atoms with Crippen molar-refractivity contribution < 1.29 is 9.47 Å². The highest BCUT2D eigenvalue weighted by atomic mass is 16.5. The van der Waals surface area contributed by atoms with E-state index in [1.54, 1.807) is 7.11 Å². The molecule has 0 spiro atoms. The molecule has 25 heavy (non-hydrogen) atoms. The van der Waals surface area contributed by atoms with Crippen molar-refractivity contribution >= 4 is 5.96 Å². The van der Waals surface area contributed by atoms with Gasteiger partial charge in [0.05, 0.1) is 19.7 Å². The second kappa shape index (κ2) is 11.1. The van der Waals surface area contributed by atoms with Crippen LogP contribution in [0.2, 0.25) is 0 Å². The van der Waals surface area contributed by atoms with Gasteiger partial charge in [0.1, 0.15) is 12.4 Å². The molecule has 0 bridgehead atoms. The highest BCUT2D eigenvalue weighted by Crippen LogP contribution is 2.11. The zero-order chi connectivity index (χ0) is 17.7. The second-order valence-electron chi connectivity index (χ2n) is 5.49. The predicted octanol–water partition coefficient (Wildman–Crippen LogP) is 2.97. The lowest BCUT2D eigenvalue weighted by atomic mass is 10.1. The molecule has 0 radical (unpaired) electrons. The quantitative estimate of drug-likeness (QED) is 0.418. The van der Waals surface area contributed by atoms with Crippen LogP contribution >= 0.6 is 0 Å². The van der Waals surface area contributed by atoms with Crippen molar-refractivity contribution in [3.8, 4) is 5.75 Å². The van der Waals surface area contributed by atoms with Gasteiger partial charge >= 0.3 is 0 Å². The molecule has 2 aromatic rings. The SMILES string of the molecule is CCNC(=NCc1ccccc1COC)NCCOc1ccccc1. The van der Waals surface area contributed by atoms with Crippen molar-refractivity contribution in [3.05, 3.63) is 65.7 Å². The number of nitrogens with zero attached hydrogens (tertiary/aromatic N) is 1. The summed E-state index contributed by atoms with van der Waals surface area (Å²) >= 11 is 0. The van der Waals surface area contributed by atoms with Gasteiger partial charge in [-0.25, -0.2) is 4.99 Å². The molecule has 134 valence electrons. The average Bonchev–Trinajstić information content (AvgIpc) is 2.65. The maximum Gasteiger partial charge on any atom is 0.191 e. The number of ether oxygens (including phenoxy) is 2. The van der Waals surface area contributed by atoms with E-state index in [9.17, 15) is 0 Å². The second-order valence-corrected chi connectivity index (χ2v) is 5.49. The summed E-state index contributed by atoms with van der Waals surface area (Å²) in [5.41, 5.74) is 2.33. The molecule has 0 amide bonds. The third-order valence-electron chi connectivity index (χ3n) is 3.58. The fraction of sp³-hybridized carbons (Fsp3) is 0.350. The van der Waals surface area contributed by atoms with Crippen LogP contribution in [0.15, 0.2) is 59.6 Å². The summed E-state index contributed by atoms with van der Waals surface area (Å²) in [5.74, 6) is 1.66. The van der Waals surface area contributed by atoms with Crippen molar-refractivity contribution in [1.82, 2.24) is 10.6 Å². The van der Waals surface area contributed by atoms with Gasteiger partial charge in [-0.05, 0) is 30.2 Å². The number of benzene rings is 2. The molecule has 0 aromatic heterocycles. The third kappa shape index (κ3) is 6.85. The van der Waals surface area contributed by atoms with E-state index >= 15 is 0 Å². The molecule has 0 unspecified atom stereocenters. The van der Waals surface area contributed by atoms with Crippen molar-refractivity contribution in [2.24, 2.45) is 4.99 Å². The summed E-state index contributed by atoms with van der Waals surface area (Å²) in [6.07, 6.45) is 0. The van der Waals surface area contributed by atoms with Crippen molar-refractivity contribution in [1.29, 1.82) is 0 Å². The Kier molecular flexibility index (Phi) is 8.35. The van der Waals surface area contributed by atoms with Crippen LogP contribution in [-0.2, 0) is 17.9 Å². The van der Waals surface area contributed by atoms with Crippen LogP contribution in [0.5, 0.6) is 5.75 Å². The van der Waals surface area contributed by atoms with Crippen molar-refractivity contribution in [2.45, 2.75) is 20.1 Å². The molecule has 5 heteroatoms. The van der Waals surface area contributed by atoms with Crippen molar-refractivity contribution in [2.75, 3.05) is 26.8 Å². The maximum atomic E-state index is 5.69. The summed E-state index contributed by atoms with van der Waals surface area (Å²) in [4.78, 5) is 4.65. The van der Waals surface area contributed by atoms with Crippen LogP contribution in [0.3, 0.4) is 0 Å². The number of rotatable bonds is 9. The van der Waals surface area contributed by atoms with Crippen LogP contribution in [0, 0.1) is 0 Å². The number of para-hydroxylation sites is 1. The Labute approximate surface area is 150 Å². The van der Waals surface area contributed by atoms with Gasteiger partial charge in [0.15, 0.2) is 5.96 Å². The standard InChI is InChI=1S/C20H27N3O2/c1-3-21-20(22-13-14-25-19-11-5-4-6-12-19)23-15-17-9-7-8-10-18(17)16-24-2/h4-12H,3,13-16H2,1-2H3,(H2,21,22,23). The van der Waals surface area contributed by atoms with E-state index in [0.29, 0.717) is 26.3 Å². The number of methoxy groups -OCH3 is 1. The molecular formula is C20H27N3O2. The molecule has 0 saturated carbocycles. The number of nitrogens with one attached hydrogen (secondary N) is 2. The Morgan fingerprint density at radius 2 is 1.68 bits per heavy atom. The number of hydrogen-bond donors (Lipinski definition) is 2. The summed E-state index contributed by atoms with van der Waals surface area (Å²) < 4.78 is 10.9. The van der Waals surface area contributed by atoms with E-state index in [4.69, 9.17) is 9.47 Å². The summed E-state index contributed by atoms with van der Waals surface area (Å²) in [5, 5.41) is 6.55. The minimum atomic E-state index is 0.578. The average molecular weight is 341 g/mol. The Balaban J connectivity index is 1.85. The number of hydrogen-bond acceptors (Lipinski definition) is 3. The summed E-state index contributed by atoms with van der Waals surface area (Å²) in [6.45, 7) is 5.33. The monoisotopic (exact) mass is 341 g/mol. The van der Waals surface area contributed by atoms with Crippen molar-refractivity contribution in [3.63, 3.8) is 0 Å². The van der Waals surface area contributed by atoms with Gasteiger partial charge in [0, 0.05) is 13.7 Å². The molecule has 0 atom stereocenters. The lowest BCUT2D eigenvalue weighted by molar-refractivity contribution is 0.184. The van der Waals surface area contributed by atoms with Gasteiger partial charge in [-0.1, -0.05) is 42.5 Å². The minimum absolute atomic E-state index is 0.578. The fourth-order valence-corrected chi connectivity index (χ4v) is 2.37. The molecule has 0 fully saturated rings. The molecule has 2 rings (SSSR count). The molecule has 0 aliphatic heterocycles. The maximum absolute atomic E-state index is 5.69. The van der Waals surface area contributed by atoms with Gasteiger partial charge in [0.2, 0.25) is 0 Å². The first-order chi connectivity index (χ1) is 12.3. The number of guanidine groups is 1. The van der Waals surface area contributed by atoms with Gasteiger partial charge in [-0.2, -0.15) is 0 Å². The van der Waals surface area contributed by atoms with Gasteiger partial charge in [-0.15, -0.1) is 0 Å². The zero-order valence-electron chi connectivity index (χ0n) is 15.0. The van der Waals surface area contributed by atoms with Crippen LogP contribution < -0.4 is 15.4 Å². The Morgan fingerprint density at radius 1 is 0.960 bits per heavy atom. The van der Waals surface area contributed by atoms with Gasteiger partial charge in [0.25, 0.3) is 0 Å². The van der Waals surface area contributed by atoms with Gasteiger partial charge < -0.3 is 20.1 Å². The Hall–Kier alpha value is -2.53. The molecular weight excluding hydrogens is 314 g/mol. The van der Waals surface area contributed by atoms with E-state index < -0.39 is 0 Å². The van der Waals surface area contributed by atoms with Crippen LogP contribution in [0.4, 0.5) is 0 Å².